The molecule has 100 valence electrons. The van der Waals surface area contributed by atoms with Gasteiger partial charge in [-0.1, -0.05) is 18.2 Å². The molecule has 3 nitrogen and oxygen atoms in total. The Balaban J connectivity index is 1.75. The van der Waals surface area contributed by atoms with Crippen molar-refractivity contribution in [2.45, 2.75) is 19.4 Å². The van der Waals surface area contributed by atoms with Crippen molar-refractivity contribution in [3.05, 3.63) is 42.1 Å². The zero-order chi connectivity index (χ0) is 13.1. The van der Waals surface area contributed by atoms with Crippen molar-refractivity contribution in [1.29, 1.82) is 0 Å². The van der Waals surface area contributed by atoms with Crippen molar-refractivity contribution >= 4 is 10.9 Å². The molecule has 1 fully saturated rings. The quantitative estimate of drug-likeness (QED) is 0.912. The van der Waals surface area contributed by atoms with E-state index in [0.29, 0.717) is 0 Å². The van der Waals surface area contributed by atoms with Crippen LogP contribution < -0.4 is 5.73 Å². The molecular weight excluding hydrogens is 234 g/mol. The summed E-state index contributed by atoms with van der Waals surface area (Å²) in [5.41, 5.74) is 8.14. The fourth-order valence-corrected chi connectivity index (χ4v) is 3.06. The molecule has 1 aromatic carbocycles. The molecule has 1 aliphatic heterocycles. The van der Waals surface area contributed by atoms with Crippen LogP contribution in [0.1, 0.15) is 18.4 Å². The van der Waals surface area contributed by atoms with E-state index in [9.17, 15) is 0 Å². The van der Waals surface area contributed by atoms with E-state index in [1.807, 2.05) is 12.3 Å². The lowest BCUT2D eigenvalue weighted by Crippen LogP contribution is -2.21. The molecule has 0 spiro atoms. The van der Waals surface area contributed by atoms with Gasteiger partial charge in [-0.25, -0.2) is 0 Å². The molecule has 3 heteroatoms. The molecule has 0 aliphatic carbocycles. The maximum Gasteiger partial charge on any atom is 0.0705 e. The normalized spacial score (nSPS) is 20.2. The second kappa shape index (κ2) is 5.68. The Morgan fingerprint density at radius 3 is 3.05 bits per heavy atom. The minimum absolute atomic E-state index is 0.790. The summed E-state index contributed by atoms with van der Waals surface area (Å²) in [6.45, 7) is 4.23. The Morgan fingerprint density at radius 2 is 2.16 bits per heavy atom. The molecule has 1 saturated heterocycles. The molecule has 1 aliphatic rings. The van der Waals surface area contributed by atoms with Crippen molar-refractivity contribution in [3.63, 3.8) is 0 Å². The first-order chi connectivity index (χ1) is 9.36. The summed E-state index contributed by atoms with van der Waals surface area (Å²) < 4.78 is 0. The number of para-hydroxylation sites is 1. The van der Waals surface area contributed by atoms with Gasteiger partial charge in [-0.3, -0.25) is 9.88 Å². The van der Waals surface area contributed by atoms with Gasteiger partial charge in [0.05, 0.1) is 5.52 Å². The van der Waals surface area contributed by atoms with Gasteiger partial charge in [-0.05, 0) is 49.5 Å². The molecule has 2 N–H and O–H groups in total. The summed E-state index contributed by atoms with van der Waals surface area (Å²) in [6.07, 6.45) is 4.37. The highest BCUT2D eigenvalue weighted by molar-refractivity contribution is 5.81. The standard InChI is InChI=1S/C16H21N3/c17-8-5-13-7-10-19(11-13)12-14-6-9-18-16-4-2-1-3-15(14)16/h1-4,6,9,13H,5,7-8,10-12,17H2. The van der Waals surface area contributed by atoms with Gasteiger partial charge in [0, 0.05) is 24.7 Å². The van der Waals surface area contributed by atoms with Gasteiger partial charge in [-0.15, -0.1) is 0 Å². The van der Waals surface area contributed by atoms with Crippen LogP contribution in [0.15, 0.2) is 36.5 Å². The first-order valence-corrected chi connectivity index (χ1v) is 7.12. The summed E-state index contributed by atoms with van der Waals surface area (Å²) in [6, 6.07) is 10.5. The molecule has 1 atom stereocenters. The van der Waals surface area contributed by atoms with E-state index in [1.165, 1.54) is 30.5 Å². The lowest BCUT2D eigenvalue weighted by Gasteiger charge is -2.17. The van der Waals surface area contributed by atoms with Crippen molar-refractivity contribution in [2.24, 2.45) is 11.7 Å². The lowest BCUT2D eigenvalue weighted by molar-refractivity contribution is 0.315. The van der Waals surface area contributed by atoms with Crippen molar-refractivity contribution in [3.8, 4) is 0 Å². The fraction of sp³-hybridized carbons (Fsp3) is 0.438. The molecule has 1 aromatic heterocycles. The lowest BCUT2D eigenvalue weighted by atomic mass is 10.1. The van der Waals surface area contributed by atoms with Gasteiger partial charge < -0.3 is 5.73 Å². The fourth-order valence-electron chi connectivity index (χ4n) is 3.06. The van der Waals surface area contributed by atoms with E-state index in [4.69, 9.17) is 5.73 Å². The van der Waals surface area contributed by atoms with Crippen molar-refractivity contribution in [1.82, 2.24) is 9.88 Å². The molecule has 0 saturated carbocycles. The minimum Gasteiger partial charge on any atom is -0.330 e. The third kappa shape index (κ3) is 2.77. The average Bonchev–Trinajstić information content (AvgIpc) is 2.87. The summed E-state index contributed by atoms with van der Waals surface area (Å²) in [7, 11) is 0. The topological polar surface area (TPSA) is 42.1 Å². The summed E-state index contributed by atoms with van der Waals surface area (Å²) in [4.78, 5) is 6.97. The third-order valence-corrected chi connectivity index (χ3v) is 4.08. The van der Waals surface area contributed by atoms with E-state index < -0.39 is 0 Å². The van der Waals surface area contributed by atoms with Crippen LogP contribution in [0.25, 0.3) is 10.9 Å². The number of hydrogen-bond acceptors (Lipinski definition) is 3. The predicted molar refractivity (Wildman–Crippen MR) is 78.8 cm³/mol. The number of fused-ring (bicyclic) bond motifs is 1. The molecule has 3 rings (SSSR count). The van der Waals surface area contributed by atoms with Crippen molar-refractivity contribution in [2.75, 3.05) is 19.6 Å². The molecule has 0 amide bonds. The van der Waals surface area contributed by atoms with Crippen molar-refractivity contribution < 1.29 is 0 Å². The van der Waals surface area contributed by atoms with Gasteiger partial charge >= 0.3 is 0 Å². The summed E-state index contributed by atoms with van der Waals surface area (Å²) in [5, 5.41) is 1.28. The van der Waals surface area contributed by atoms with Crippen LogP contribution >= 0.6 is 0 Å². The molecule has 0 bridgehead atoms. The van der Waals surface area contributed by atoms with E-state index in [-0.39, 0.29) is 0 Å². The van der Waals surface area contributed by atoms with Crippen LogP contribution in [-0.2, 0) is 6.54 Å². The Labute approximate surface area is 114 Å². The molecule has 2 aromatic rings. The van der Waals surface area contributed by atoms with Crippen LogP contribution in [0.4, 0.5) is 0 Å². The number of nitrogens with two attached hydrogens (primary N) is 1. The number of aromatic nitrogens is 1. The Morgan fingerprint density at radius 1 is 1.26 bits per heavy atom. The van der Waals surface area contributed by atoms with Gasteiger partial charge in [0.1, 0.15) is 0 Å². The first kappa shape index (κ1) is 12.6. The zero-order valence-corrected chi connectivity index (χ0v) is 11.3. The number of pyridine rings is 1. The van der Waals surface area contributed by atoms with E-state index >= 15 is 0 Å². The van der Waals surface area contributed by atoms with Gasteiger partial charge in [0.2, 0.25) is 0 Å². The zero-order valence-electron chi connectivity index (χ0n) is 11.3. The predicted octanol–water partition coefficient (Wildman–Crippen LogP) is 2.41. The Kier molecular flexibility index (Phi) is 3.76. The molecule has 19 heavy (non-hydrogen) atoms. The molecular formula is C16H21N3. The largest absolute Gasteiger partial charge is 0.330 e. The molecule has 1 unspecified atom stereocenters. The van der Waals surface area contributed by atoms with Crippen LogP contribution in [0.3, 0.4) is 0 Å². The smallest absolute Gasteiger partial charge is 0.0705 e. The van der Waals surface area contributed by atoms with Crippen LogP contribution in [0, 0.1) is 5.92 Å². The van der Waals surface area contributed by atoms with E-state index in [1.54, 1.807) is 0 Å². The second-order valence-electron chi connectivity index (χ2n) is 5.45. The molecule has 2 heterocycles. The SMILES string of the molecule is NCCC1CCN(Cc2ccnc3ccccc23)C1. The highest BCUT2D eigenvalue weighted by Gasteiger charge is 2.22. The van der Waals surface area contributed by atoms with E-state index in [2.05, 4.69) is 34.1 Å². The second-order valence-corrected chi connectivity index (χ2v) is 5.45. The average molecular weight is 255 g/mol. The minimum atomic E-state index is 0.790. The number of likely N-dealkylation sites (tertiary alicyclic amines) is 1. The number of benzene rings is 1. The number of nitrogens with zero attached hydrogens (tertiary/aromatic N) is 2. The van der Waals surface area contributed by atoms with E-state index in [0.717, 1.165) is 30.9 Å². The Hall–Kier alpha value is -1.45. The third-order valence-electron chi connectivity index (χ3n) is 4.08. The summed E-state index contributed by atoms with van der Waals surface area (Å²) >= 11 is 0. The summed E-state index contributed by atoms with van der Waals surface area (Å²) in [5.74, 6) is 0.790. The van der Waals surface area contributed by atoms with Gasteiger partial charge in [-0.2, -0.15) is 0 Å². The van der Waals surface area contributed by atoms with Gasteiger partial charge in [0.25, 0.3) is 0 Å². The van der Waals surface area contributed by atoms with Crippen LogP contribution in [-0.4, -0.2) is 29.5 Å². The van der Waals surface area contributed by atoms with Crippen LogP contribution in [0.5, 0.6) is 0 Å². The monoisotopic (exact) mass is 255 g/mol. The van der Waals surface area contributed by atoms with Crippen LogP contribution in [0.2, 0.25) is 0 Å². The maximum absolute atomic E-state index is 5.65. The number of hydrogen-bond donors (Lipinski definition) is 1. The maximum atomic E-state index is 5.65. The highest BCUT2D eigenvalue weighted by atomic mass is 15.1. The number of rotatable bonds is 4. The first-order valence-electron chi connectivity index (χ1n) is 7.12. The highest BCUT2D eigenvalue weighted by Crippen LogP contribution is 2.23. The molecule has 0 radical (unpaired) electrons. The Bertz CT molecular complexity index is 547. The van der Waals surface area contributed by atoms with Gasteiger partial charge in [0.15, 0.2) is 0 Å².